The van der Waals surface area contributed by atoms with Crippen LogP contribution in [0.3, 0.4) is 0 Å². The Morgan fingerprint density at radius 1 is 1.33 bits per heavy atom. The van der Waals surface area contributed by atoms with E-state index in [4.69, 9.17) is 5.73 Å². The summed E-state index contributed by atoms with van der Waals surface area (Å²) in [4.78, 5) is 0. The lowest BCUT2D eigenvalue weighted by Crippen LogP contribution is -2.08. The van der Waals surface area contributed by atoms with E-state index in [9.17, 15) is 13.2 Å². The molecule has 0 spiro atoms. The molecular formula is C10H8F3NS. The van der Waals surface area contributed by atoms with Crippen LogP contribution in [0.15, 0.2) is 18.2 Å². The second kappa shape index (κ2) is 4.49. The van der Waals surface area contributed by atoms with Crippen molar-refractivity contribution in [2.24, 2.45) is 0 Å². The van der Waals surface area contributed by atoms with E-state index in [1.54, 1.807) is 0 Å². The van der Waals surface area contributed by atoms with Crippen molar-refractivity contribution in [1.82, 2.24) is 0 Å². The van der Waals surface area contributed by atoms with Crippen LogP contribution in [0.25, 0.3) is 0 Å². The van der Waals surface area contributed by atoms with Crippen LogP contribution in [0.2, 0.25) is 0 Å². The first kappa shape index (κ1) is 11.8. The summed E-state index contributed by atoms with van der Waals surface area (Å²) in [5.41, 5.74) is 4.76. The molecule has 0 aliphatic heterocycles. The van der Waals surface area contributed by atoms with E-state index in [0.717, 1.165) is 6.07 Å². The maximum atomic E-state index is 12.5. The quantitative estimate of drug-likeness (QED) is 0.400. The van der Waals surface area contributed by atoms with Gasteiger partial charge in [-0.2, -0.15) is 25.8 Å². The molecular weight excluding hydrogens is 223 g/mol. The van der Waals surface area contributed by atoms with Crippen molar-refractivity contribution in [3.05, 3.63) is 29.3 Å². The minimum atomic E-state index is -4.41. The first-order valence-corrected chi connectivity index (χ1v) is 4.65. The Morgan fingerprint density at radius 3 is 2.53 bits per heavy atom. The van der Waals surface area contributed by atoms with Crippen molar-refractivity contribution in [1.29, 1.82) is 0 Å². The maximum absolute atomic E-state index is 12.5. The van der Waals surface area contributed by atoms with Gasteiger partial charge in [-0.15, -0.1) is 0 Å². The van der Waals surface area contributed by atoms with Gasteiger partial charge in [0.05, 0.1) is 11.3 Å². The molecule has 80 valence electrons. The van der Waals surface area contributed by atoms with E-state index in [1.807, 2.05) is 0 Å². The van der Waals surface area contributed by atoms with Gasteiger partial charge in [-0.05, 0) is 18.2 Å². The van der Waals surface area contributed by atoms with Gasteiger partial charge in [-0.3, -0.25) is 0 Å². The predicted octanol–water partition coefficient (Wildman–Crippen LogP) is 2.57. The Morgan fingerprint density at radius 2 is 2.00 bits per heavy atom. The molecule has 1 nitrogen and oxygen atoms in total. The summed E-state index contributed by atoms with van der Waals surface area (Å²) in [6.07, 6.45) is -4.41. The number of anilines is 1. The van der Waals surface area contributed by atoms with E-state index in [2.05, 4.69) is 24.5 Å². The average molecular weight is 231 g/mol. The summed E-state index contributed by atoms with van der Waals surface area (Å²) in [6.45, 7) is 0. The summed E-state index contributed by atoms with van der Waals surface area (Å²) in [6, 6.07) is 3.34. The van der Waals surface area contributed by atoms with Gasteiger partial charge in [0.1, 0.15) is 0 Å². The summed E-state index contributed by atoms with van der Waals surface area (Å²) in [7, 11) is 0. The molecule has 0 saturated carbocycles. The van der Waals surface area contributed by atoms with Gasteiger partial charge in [0, 0.05) is 11.3 Å². The number of hydrogen-bond donors (Lipinski definition) is 2. The Labute approximate surface area is 90.9 Å². The van der Waals surface area contributed by atoms with E-state index < -0.39 is 11.7 Å². The Bertz CT molecular complexity index is 415. The number of hydrogen-bond acceptors (Lipinski definition) is 2. The Kier molecular flexibility index (Phi) is 3.53. The molecule has 5 heteroatoms. The number of halogens is 3. The van der Waals surface area contributed by atoms with Crippen LogP contribution >= 0.6 is 12.6 Å². The lowest BCUT2D eigenvalue weighted by atomic mass is 10.1. The molecule has 0 amide bonds. The van der Waals surface area contributed by atoms with Gasteiger partial charge in [0.25, 0.3) is 0 Å². The zero-order valence-corrected chi connectivity index (χ0v) is 8.49. The molecule has 0 atom stereocenters. The third kappa shape index (κ3) is 3.10. The maximum Gasteiger partial charge on any atom is 0.417 e. The lowest BCUT2D eigenvalue weighted by molar-refractivity contribution is -0.137. The molecule has 0 radical (unpaired) electrons. The normalized spacial score (nSPS) is 10.7. The van der Waals surface area contributed by atoms with Crippen molar-refractivity contribution >= 4 is 18.3 Å². The number of nitrogen functional groups attached to an aromatic ring is 1. The molecule has 1 rings (SSSR count). The van der Waals surface area contributed by atoms with E-state index in [1.165, 1.54) is 12.1 Å². The summed E-state index contributed by atoms with van der Waals surface area (Å²) in [5, 5.41) is 0. The third-order valence-electron chi connectivity index (χ3n) is 1.65. The molecule has 2 N–H and O–H groups in total. The van der Waals surface area contributed by atoms with Crippen LogP contribution < -0.4 is 5.73 Å². The number of alkyl halides is 3. The van der Waals surface area contributed by atoms with Gasteiger partial charge < -0.3 is 5.73 Å². The molecule has 1 aromatic rings. The van der Waals surface area contributed by atoms with Gasteiger partial charge in [0.2, 0.25) is 0 Å². The van der Waals surface area contributed by atoms with Crippen LogP contribution in [0, 0.1) is 11.8 Å². The highest BCUT2D eigenvalue weighted by atomic mass is 32.1. The molecule has 0 aliphatic carbocycles. The highest BCUT2D eigenvalue weighted by Gasteiger charge is 2.32. The smallest absolute Gasteiger partial charge is 0.399 e. The molecule has 15 heavy (non-hydrogen) atoms. The van der Waals surface area contributed by atoms with Crippen molar-refractivity contribution < 1.29 is 13.2 Å². The standard InChI is InChI=1S/C10H8F3NS/c11-10(12,13)9-4-3-8(14)6-7(9)2-1-5-15/h3-4,6,15H,5,14H2. The summed E-state index contributed by atoms with van der Waals surface area (Å²) >= 11 is 3.80. The number of nitrogens with two attached hydrogens (primary N) is 1. The van der Waals surface area contributed by atoms with Crippen molar-refractivity contribution in [3.8, 4) is 11.8 Å². The zero-order chi connectivity index (χ0) is 11.5. The molecule has 0 unspecified atom stereocenters. The topological polar surface area (TPSA) is 26.0 Å². The molecule has 0 fully saturated rings. The van der Waals surface area contributed by atoms with E-state index in [0.29, 0.717) is 0 Å². The van der Waals surface area contributed by atoms with Crippen LogP contribution in [0.5, 0.6) is 0 Å². The average Bonchev–Trinajstić information content (AvgIpc) is 2.12. The highest BCUT2D eigenvalue weighted by Crippen LogP contribution is 2.32. The van der Waals surface area contributed by atoms with Crippen molar-refractivity contribution in [2.45, 2.75) is 6.18 Å². The van der Waals surface area contributed by atoms with Gasteiger partial charge in [-0.1, -0.05) is 11.8 Å². The second-order valence-electron chi connectivity index (χ2n) is 2.76. The molecule has 0 bridgehead atoms. The fourth-order valence-electron chi connectivity index (χ4n) is 1.05. The van der Waals surface area contributed by atoms with Crippen molar-refractivity contribution in [3.63, 3.8) is 0 Å². The molecule has 0 aromatic heterocycles. The van der Waals surface area contributed by atoms with Crippen LogP contribution in [0.4, 0.5) is 18.9 Å². The third-order valence-corrected chi connectivity index (χ3v) is 1.81. The summed E-state index contributed by atoms with van der Waals surface area (Å²) in [5.74, 6) is 5.05. The minimum absolute atomic E-state index is 0.114. The fourth-order valence-corrected chi connectivity index (χ4v) is 1.13. The fraction of sp³-hybridized carbons (Fsp3) is 0.200. The summed E-state index contributed by atoms with van der Waals surface area (Å²) < 4.78 is 37.4. The molecule has 1 aromatic carbocycles. The number of thiol groups is 1. The lowest BCUT2D eigenvalue weighted by Gasteiger charge is -2.09. The van der Waals surface area contributed by atoms with Crippen molar-refractivity contribution in [2.75, 3.05) is 11.5 Å². The SMILES string of the molecule is Nc1ccc(C(F)(F)F)c(C#CCS)c1. The van der Waals surface area contributed by atoms with E-state index in [-0.39, 0.29) is 17.0 Å². The van der Waals surface area contributed by atoms with Crippen LogP contribution in [-0.2, 0) is 6.18 Å². The van der Waals surface area contributed by atoms with Gasteiger partial charge in [-0.25, -0.2) is 0 Å². The predicted molar refractivity (Wildman–Crippen MR) is 56.6 cm³/mol. The van der Waals surface area contributed by atoms with Crippen LogP contribution in [0.1, 0.15) is 11.1 Å². The molecule has 0 saturated heterocycles. The minimum Gasteiger partial charge on any atom is -0.399 e. The number of benzene rings is 1. The Hall–Kier alpha value is -1.28. The highest BCUT2D eigenvalue weighted by molar-refractivity contribution is 7.80. The van der Waals surface area contributed by atoms with Gasteiger partial charge in [0.15, 0.2) is 0 Å². The zero-order valence-electron chi connectivity index (χ0n) is 7.60. The first-order chi connectivity index (χ1) is 6.95. The number of rotatable bonds is 0. The Balaban J connectivity index is 3.27. The van der Waals surface area contributed by atoms with E-state index >= 15 is 0 Å². The molecule has 0 aliphatic rings. The molecule has 0 heterocycles. The monoisotopic (exact) mass is 231 g/mol. The first-order valence-electron chi connectivity index (χ1n) is 4.01. The second-order valence-corrected chi connectivity index (χ2v) is 3.08. The van der Waals surface area contributed by atoms with Crippen LogP contribution in [-0.4, -0.2) is 5.75 Å². The van der Waals surface area contributed by atoms with Gasteiger partial charge >= 0.3 is 6.18 Å². The largest absolute Gasteiger partial charge is 0.417 e.